The maximum Gasteiger partial charge on any atom is 0.206 e. The monoisotopic (exact) mass is 346 g/mol. The Kier molecular flexibility index (Phi) is 3.62. The molecular formula is C22H18O2S. The lowest BCUT2D eigenvalue weighted by Crippen LogP contribution is -2.03. The second-order valence-corrected chi connectivity index (χ2v) is 8.38. The number of sulfone groups is 1. The Morgan fingerprint density at radius 2 is 1.00 bits per heavy atom. The van der Waals surface area contributed by atoms with Crippen LogP contribution in [0.25, 0.3) is 21.5 Å². The maximum absolute atomic E-state index is 13.2. The third-order valence-corrected chi connectivity index (χ3v) is 6.42. The van der Waals surface area contributed by atoms with Crippen LogP contribution in [0.15, 0.2) is 82.6 Å². The molecule has 0 atom stereocenters. The number of hydrogen-bond donors (Lipinski definition) is 0. The van der Waals surface area contributed by atoms with Crippen LogP contribution in [0.2, 0.25) is 0 Å². The lowest BCUT2D eigenvalue weighted by atomic mass is 10.1. The fourth-order valence-electron chi connectivity index (χ4n) is 3.38. The summed E-state index contributed by atoms with van der Waals surface area (Å²) in [7, 11) is -3.57. The van der Waals surface area contributed by atoms with Crippen LogP contribution >= 0.6 is 0 Å². The number of benzene rings is 4. The van der Waals surface area contributed by atoms with E-state index in [-0.39, 0.29) is 0 Å². The van der Waals surface area contributed by atoms with Gasteiger partial charge in [-0.1, -0.05) is 48.5 Å². The van der Waals surface area contributed by atoms with Gasteiger partial charge in [0.1, 0.15) is 0 Å². The van der Waals surface area contributed by atoms with Gasteiger partial charge in [0.2, 0.25) is 9.84 Å². The lowest BCUT2D eigenvalue weighted by molar-refractivity contribution is 0.596. The van der Waals surface area contributed by atoms with Crippen LogP contribution in [-0.4, -0.2) is 8.42 Å². The molecule has 0 heterocycles. The Bertz CT molecular complexity index is 1130. The third kappa shape index (κ3) is 2.61. The Morgan fingerprint density at radius 1 is 0.600 bits per heavy atom. The molecule has 25 heavy (non-hydrogen) atoms. The minimum absolute atomic E-state index is 0.346. The van der Waals surface area contributed by atoms with Crippen molar-refractivity contribution < 1.29 is 8.42 Å². The molecular weight excluding hydrogens is 328 g/mol. The number of fused-ring (bicyclic) bond motifs is 2. The van der Waals surface area contributed by atoms with E-state index in [1.807, 2.05) is 62.4 Å². The summed E-state index contributed by atoms with van der Waals surface area (Å²) < 4.78 is 26.5. The molecule has 0 bridgehead atoms. The summed E-state index contributed by atoms with van der Waals surface area (Å²) in [6, 6.07) is 22.8. The highest BCUT2D eigenvalue weighted by atomic mass is 32.2. The normalized spacial score (nSPS) is 11.9. The van der Waals surface area contributed by atoms with E-state index in [1.54, 1.807) is 24.3 Å². The molecule has 0 aliphatic rings. The van der Waals surface area contributed by atoms with Crippen molar-refractivity contribution in [1.82, 2.24) is 0 Å². The molecule has 2 nitrogen and oxygen atoms in total. The molecule has 4 aromatic carbocycles. The van der Waals surface area contributed by atoms with Gasteiger partial charge in [0.15, 0.2) is 0 Å². The summed E-state index contributed by atoms with van der Waals surface area (Å²) in [6.45, 7) is 3.90. The molecule has 0 aliphatic heterocycles. The Hall–Kier alpha value is -2.65. The smallest absolute Gasteiger partial charge is 0.206 e. The standard InChI is InChI=1S/C22H18O2S/c1-15-11-19(13-17-7-3-5-9-21(15)17)25(23,24)20-12-16(2)22-10-6-4-8-18(22)14-20/h3-14H,1-2H3. The summed E-state index contributed by atoms with van der Waals surface area (Å²) in [5.74, 6) is 0. The minimum atomic E-state index is -3.57. The number of aryl methyl sites for hydroxylation is 2. The van der Waals surface area contributed by atoms with E-state index in [4.69, 9.17) is 0 Å². The van der Waals surface area contributed by atoms with Crippen molar-refractivity contribution in [2.75, 3.05) is 0 Å². The van der Waals surface area contributed by atoms with E-state index >= 15 is 0 Å². The van der Waals surface area contributed by atoms with E-state index in [0.717, 1.165) is 32.7 Å². The van der Waals surface area contributed by atoms with Crippen molar-refractivity contribution in [2.45, 2.75) is 23.6 Å². The van der Waals surface area contributed by atoms with E-state index in [2.05, 4.69) is 0 Å². The number of rotatable bonds is 2. The molecule has 0 N–H and O–H groups in total. The predicted octanol–water partition coefficient (Wildman–Crippen LogP) is 5.44. The van der Waals surface area contributed by atoms with Crippen LogP contribution in [0.3, 0.4) is 0 Å². The molecule has 0 amide bonds. The van der Waals surface area contributed by atoms with Gasteiger partial charge in [-0.25, -0.2) is 8.42 Å². The van der Waals surface area contributed by atoms with Crippen LogP contribution < -0.4 is 0 Å². The van der Waals surface area contributed by atoms with Crippen molar-refractivity contribution in [2.24, 2.45) is 0 Å². The van der Waals surface area contributed by atoms with Crippen molar-refractivity contribution in [3.8, 4) is 0 Å². The quantitative estimate of drug-likeness (QED) is 0.484. The molecule has 0 radical (unpaired) electrons. The highest BCUT2D eigenvalue weighted by Crippen LogP contribution is 2.30. The summed E-state index contributed by atoms with van der Waals surface area (Å²) in [5, 5.41) is 4.05. The fraction of sp³-hybridized carbons (Fsp3) is 0.0909. The first-order valence-electron chi connectivity index (χ1n) is 8.21. The first-order valence-corrected chi connectivity index (χ1v) is 9.69. The molecule has 0 saturated carbocycles. The maximum atomic E-state index is 13.2. The van der Waals surface area contributed by atoms with Gasteiger partial charge in [-0.15, -0.1) is 0 Å². The van der Waals surface area contributed by atoms with Crippen LogP contribution in [0.5, 0.6) is 0 Å². The third-order valence-electron chi connectivity index (χ3n) is 4.70. The van der Waals surface area contributed by atoms with E-state index in [9.17, 15) is 8.42 Å². The molecule has 4 aromatic rings. The summed E-state index contributed by atoms with van der Waals surface area (Å²) in [4.78, 5) is 0.691. The van der Waals surface area contributed by atoms with E-state index in [0.29, 0.717) is 9.79 Å². The van der Waals surface area contributed by atoms with Gasteiger partial charge in [0, 0.05) is 0 Å². The van der Waals surface area contributed by atoms with Gasteiger partial charge in [0.25, 0.3) is 0 Å². The first kappa shape index (κ1) is 15.9. The second kappa shape index (κ2) is 5.71. The predicted molar refractivity (Wildman–Crippen MR) is 103 cm³/mol. The zero-order valence-electron chi connectivity index (χ0n) is 14.2. The van der Waals surface area contributed by atoms with E-state index < -0.39 is 9.84 Å². The molecule has 3 heteroatoms. The highest BCUT2D eigenvalue weighted by Gasteiger charge is 2.20. The largest absolute Gasteiger partial charge is 0.219 e. The van der Waals surface area contributed by atoms with Crippen LogP contribution in [0.4, 0.5) is 0 Å². The van der Waals surface area contributed by atoms with Gasteiger partial charge in [-0.2, -0.15) is 0 Å². The first-order chi connectivity index (χ1) is 12.0. The average molecular weight is 346 g/mol. The van der Waals surface area contributed by atoms with Gasteiger partial charge in [-0.05, 0) is 70.8 Å². The molecule has 124 valence electrons. The molecule has 0 unspecified atom stereocenters. The molecule has 0 aliphatic carbocycles. The highest BCUT2D eigenvalue weighted by molar-refractivity contribution is 7.91. The number of hydrogen-bond acceptors (Lipinski definition) is 2. The molecule has 0 spiro atoms. The van der Waals surface area contributed by atoms with Crippen LogP contribution in [0.1, 0.15) is 11.1 Å². The fourth-order valence-corrected chi connectivity index (χ4v) is 4.88. The zero-order valence-corrected chi connectivity index (χ0v) is 15.0. The van der Waals surface area contributed by atoms with Crippen molar-refractivity contribution in [3.63, 3.8) is 0 Å². The Labute approximate surface area is 147 Å². The summed E-state index contributed by atoms with van der Waals surface area (Å²) in [6.07, 6.45) is 0. The van der Waals surface area contributed by atoms with Gasteiger partial charge in [0.05, 0.1) is 9.79 Å². The summed E-state index contributed by atoms with van der Waals surface area (Å²) >= 11 is 0. The SMILES string of the molecule is Cc1cc(S(=O)(=O)c2cc(C)c3ccccc3c2)cc2ccccc12. The van der Waals surface area contributed by atoms with E-state index in [1.165, 1.54) is 0 Å². The van der Waals surface area contributed by atoms with Crippen LogP contribution in [-0.2, 0) is 9.84 Å². The molecule has 0 saturated heterocycles. The topological polar surface area (TPSA) is 34.1 Å². The van der Waals surface area contributed by atoms with Gasteiger partial charge >= 0.3 is 0 Å². The molecule has 4 rings (SSSR count). The second-order valence-electron chi connectivity index (χ2n) is 6.43. The molecule has 0 aromatic heterocycles. The lowest BCUT2D eigenvalue weighted by Gasteiger charge is -2.11. The van der Waals surface area contributed by atoms with Crippen LogP contribution in [0, 0.1) is 13.8 Å². The summed E-state index contributed by atoms with van der Waals surface area (Å²) in [5.41, 5.74) is 1.93. The van der Waals surface area contributed by atoms with Gasteiger partial charge in [-0.3, -0.25) is 0 Å². The van der Waals surface area contributed by atoms with Crippen molar-refractivity contribution in [3.05, 3.63) is 83.9 Å². The minimum Gasteiger partial charge on any atom is -0.219 e. The van der Waals surface area contributed by atoms with Gasteiger partial charge < -0.3 is 0 Å². The Morgan fingerprint density at radius 3 is 1.44 bits per heavy atom. The average Bonchev–Trinajstić information content (AvgIpc) is 2.61. The zero-order chi connectivity index (χ0) is 17.6. The molecule has 0 fully saturated rings. The Balaban J connectivity index is 1.96. The van der Waals surface area contributed by atoms with Crippen molar-refractivity contribution in [1.29, 1.82) is 0 Å². The van der Waals surface area contributed by atoms with Crippen molar-refractivity contribution >= 4 is 31.4 Å².